The lowest BCUT2D eigenvalue weighted by atomic mass is 9.92. The molecule has 0 bridgehead atoms. The van der Waals surface area contributed by atoms with Gasteiger partial charge in [-0.15, -0.1) is 12.4 Å². The summed E-state index contributed by atoms with van der Waals surface area (Å²) in [7, 11) is 0. The van der Waals surface area contributed by atoms with E-state index in [1.807, 2.05) is 20.8 Å². The average Bonchev–Trinajstić information content (AvgIpc) is 2.14. The maximum absolute atomic E-state index is 11.4. The van der Waals surface area contributed by atoms with Gasteiger partial charge in [0.25, 0.3) is 0 Å². The van der Waals surface area contributed by atoms with Crippen LogP contribution in [0.3, 0.4) is 0 Å². The fourth-order valence-electron chi connectivity index (χ4n) is 1.62. The summed E-state index contributed by atoms with van der Waals surface area (Å²) in [6.45, 7) is 7.26. The highest BCUT2D eigenvalue weighted by Gasteiger charge is 2.30. The Hall–Kier alpha value is -0.520. The molecule has 0 unspecified atom stereocenters. The third-order valence-corrected chi connectivity index (χ3v) is 2.49. The molecule has 1 heterocycles. The zero-order chi connectivity index (χ0) is 12.2. The summed E-state index contributed by atoms with van der Waals surface area (Å²) in [6.07, 6.45) is 0.838. The molecule has 1 rings (SSSR count). The van der Waals surface area contributed by atoms with E-state index in [9.17, 15) is 9.90 Å². The van der Waals surface area contributed by atoms with Gasteiger partial charge in [0.2, 0.25) is 0 Å². The Kier molecular flexibility index (Phi) is 6.23. The Bertz CT molecular complexity index is 248. The van der Waals surface area contributed by atoms with Gasteiger partial charge in [0.05, 0.1) is 5.60 Å². The molecule has 0 aromatic heterocycles. The minimum atomic E-state index is -0.790. The third kappa shape index (κ3) is 6.71. The van der Waals surface area contributed by atoms with Crippen LogP contribution in [0.5, 0.6) is 0 Å². The summed E-state index contributed by atoms with van der Waals surface area (Å²) in [5.41, 5.74) is -1.29. The number of aliphatic hydroxyl groups is 1. The van der Waals surface area contributed by atoms with Gasteiger partial charge < -0.3 is 20.5 Å². The topological polar surface area (TPSA) is 70.6 Å². The number of alkyl carbamates (subject to hydrolysis) is 1. The SMILES string of the molecule is CC(C)(C)OC(=O)NCC1(O)CCNCC1.Cl. The zero-order valence-corrected chi connectivity index (χ0v) is 11.5. The van der Waals surface area contributed by atoms with Crippen molar-refractivity contribution >= 4 is 18.5 Å². The number of nitrogens with one attached hydrogen (secondary N) is 2. The normalized spacial score (nSPS) is 19.1. The van der Waals surface area contributed by atoms with E-state index in [0.717, 1.165) is 13.1 Å². The molecule has 6 heteroatoms. The second-order valence-electron chi connectivity index (χ2n) is 5.33. The number of rotatable bonds is 2. The Labute approximate surface area is 109 Å². The van der Waals surface area contributed by atoms with Crippen LogP contribution in [0.1, 0.15) is 33.6 Å². The quantitative estimate of drug-likeness (QED) is 0.699. The van der Waals surface area contributed by atoms with Crippen molar-refractivity contribution in [1.29, 1.82) is 0 Å². The number of halogens is 1. The van der Waals surface area contributed by atoms with Gasteiger partial charge in [0.1, 0.15) is 5.60 Å². The van der Waals surface area contributed by atoms with E-state index in [2.05, 4.69) is 10.6 Å². The monoisotopic (exact) mass is 266 g/mol. The fraction of sp³-hybridized carbons (Fsp3) is 0.909. The first kappa shape index (κ1) is 16.5. The first-order valence-corrected chi connectivity index (χ1v) is 5.71. The molecular formula is C11H23ClN2O3. The van der Waals surface area contributed by atoms with Crippen molar-refractivity contribution in [3.05, 3.63) is 0 Å². The number of piperidine rings is 1. The number of carbonyl (C=O) groups excluding carboxylic acids is 1. The molecule has 0 spiro atoms. The zero-order valence-electron chi connectivity index (χ0n) is 10.7. The van der Waals surface area contributed by atoms with Crippen molar-refractivity contribution in [2.75, 3.05) is 19.6 Å². The average molecular weight is 267 g/mol. The van der Waals surface area contributed by atoms with E-state index in [1.165, 1.54) is 0 Å². The van der Waals surface area contributed by atoms with Crippen LogP contribution in [0.25, 0.3) is 0 Å². The Morgan fingerprint density at radius 3 is 2.41 bits per heavy atom. The fourth-order valence-corrected chi connectivity index (χ4v) is 1.62. The standard InChI is InChI=1S/C11H22N2O3.ClH/c1-10(2,3)16-9(14)13-8-11(15)4-6-12-7-5-11;/h12,15H,4-8H2,1-3H3,(H,13,14);1H. The highest BCUT2D eigenvalue weighted by atomic mass is 35.5. The minimum absolute atomic E-state index is 0. The summed E-state index contributed by atoms with van der Waals surface area (Å²) in [5, 5.41) is 15.9. The van der Waals surface area contributed by atoms with Crippen molar-refractivity contribution < 1.29 is 14.6 Å². The number of ether oxygens (including phenoxy) is 1. The van der Waals surface area contributed by atoms with Gasteiger partial charge in [0, 0.05) is 6.54 Å². The molecule has 5 nitrogen and oxygen atoms in total. The van der Waals surface area contributed by atoms with E-state index in [-0.39, 0.29) is 19.0 Å². The van der Waals surface area contributed by atoms with Crippen molar-refractivity contribution in [1.82, 2.24) is 10.6 Å². The van der Waals surface area contributed by atoms with E-state index in [4.69, 9.17) is 4.74 Å². The van der Waals surface area contributed by atoms with Gasteiger partial charge in [-0.1, -0.05) is 0 Å². The van der Waals surface area contributed by atoms with Crippen LogP contribution < -0.4 is 10.6 Å². The summed E-state index contributed by atoms with van der Waals surface area (Å²) in [6, 6.07) is 0. The number of hydrogen-bond donors (Lipinski definition) is 3. The van der Waals surface area contributed by atoms with E-state index < -0.39 is 17.3 Å². The molecule has 1 aliphatic heterocycles. The van der Waals surface area contributed by atoms with Gasteiger partial charge in [-0.2, -0.15) is 0 Å². The van der Waals surface area contributed by atoms with E-state index >= 15 is 0 Å². The number of carbonyl (C=O) groups is 1. The lowest BCUT2D eigenvalue weighted by Crippen LogP contribution is -2.50. The first-order chi connectivity index (χ1) is 7.31. The van der Waals surface area contributed by atoms with Gasteiger partial charge >= 0.3 is 6.09 Å². The molecule has 17 heavy (non-hydrogen) atoms. The molecule has 102 valence electrons. The Morgan fingerprint density at radius 1 is 1.41 bits per heavy atom. The van der Waals surface area contributed by atoms with Crippen LogP contribution in [0.4, 0.5) is 4.79 Å². The summed E-state index contributed by atoms with van der Waals surface area (Å²) in [4.78, 5) is 11.4. The molecule has 0 radical (unpaired) electrons. The molecular weight excluding hydrogens is 244 g/mol. The van der Waals surface area contributed by atoms with Crippen LogP contribution in [-0.4, -0.2) is 42.0 Å². The second-order valence-corrected chi connectivity index (χ2v) is 5.33. The van der Waals surface area contributed by atoms with Gasteiger partial charge in [-0.3, -0.25) is 0 Å². The molecule has 1 amide bonds. The van der Waals surface area contributed by atoms with Crippen molar-refractivity contribution in [2.45, 2.75) is 44.8 Å². The smallest absolute Gasteiger partial charge is 0.407 e. The van der Waals surface area contributed by atoms with Gasteiger partial charge in [0.15, 0.2) is 0 Å². The number of hydrogen-bond acceptors (Lipinski definition) is 4. The molecule has 1 aliphatic rings. The lowest BCUT2D eigenvalue weighted by molar-refractivity contribution is 0.00366. The largest absolute Gasteiger partial charge is 0.444 e. The maximum atomic E-state index is 11.4. The van der Waals surface area contributed by atoms with Crippen LogP contribution in [0.15, 0.2) is 0 Å². The molecule has 0 aromatic carbocycles. The van der Waals surface area contributed by atoms with E-state index in [1.54, 1.807) is 0 Å². The Morgan fingerprint density at radius 2 is 1.94 bits per heavy atom. The molecule has 0 atom stereocenters. The third-order valence-electron chi connectivity index (χ3n) is 2.49. The molecule has 1 fully saturated rings. The highest BCUT2D eigenvalue weighted by molar-refractivity contribution is 5.85. The van der Waals surface area contributed by atoms with Gasteiger partial charge in [-0.05, 0) is 46.7 Å². The molecule has 0 aliphatic carbocycles. The molecule has 1 saturated heterocycles. The maximum Gasteiger partial charge on any atom is 0.407 e. The Balaban J connectivity index is 0.00000256. The van der Waals surface area contributed by atoms with Crippen LogP contribution in [-0.2, 0) is 4.74 Å². The van der Waals surface area contributed by atoms with E-state index in [0.29, 0.717) is 12.8 Å². The van der Waals surface area contributed by atoms with Crippen molar-refractivity contribution in [3.8, 4) is 0 Å². The number of amides is 1. The van der Waals surface area contributed by atoms with Crippen LogP contribution in [0, 0.1) is 0 Å². The van der Waals surface area contributed by atoms with Crippen molar-refractivity contribution in [3.63, 3.8) is 0 Å². The first-order valence-electron chi connectivity index (χ1n) is 5.71. The van der Waals surface area contributed by atoms with Crippen LogP contribution >= 0.6 is 12.4 Å². The van der Waals surface area contributed by atoms with Gasteiger partial charge in [-0.25, -0.2) is 4.79 Å². The highest BCUT2D eigenvalue weighted by Crippen LogP contribution is 2.16. The predicted molar refractivity (Wildman–Crippen MR) is 68.5 cm³/mol. The minimum Gasteiger partial charge on any atom is -0.444 e. The molecule has 0 saturated carbocycles. The van der Waals surface area contributed by atoms with Crippen molar-refractivity contribution in [2.24, 2.45) is 0 Å². The summed E-state index contributed by atoms with van der Waals surface area (Å²) < 4.78 is 5.10. The molecule has 0 aromatic rings. The predicted octanol–water partition coefficient (Wildman–Crippen LogP) is 1.05. The summed E-state index contributed by atoms with van der Waals surface area (Å²) >= 11 is 0. The lowest BCUT2D eigenvalue weighted by Gasteiger charge is -2.32. The molecule has 3 N–H and O–H groups in total. The summed E-state index contributed by atoms with van der Waals surface area (Å²) in [5.74, 6) is 0. The van der Waals surface area contributed by atoms with Crippen LogP contribution in [0.2, 0.25) is 0 Å². The second kappa shape index (κ2) is 6.42.